The first-order valence-corrected chi connectivity index (χ1v) is 9.52. The molecule has 0 aromatic rings. The summed E-state index contributed by atoms with van der Waals surface area (Å²) in [6.07, 6.45) is -2.96. The van der Waals surface area contributed by atoms with Gasteiger partial charge < -0.3 is 25.5 Å². The lowest BCUT2D eigenvalue weighted by Crippen LogP contribution is -2.53. The molecule has 3 aliphatic rings. The molecule has 3 saturated carbocycles. The molecule has 0 aromatic heterocycles. The van der Waals surface area contributed by atoms with Crippen LogP contribution in [0.25, 0.3) is 0 Å². The van der Waals surface area contributed by atoms with Gasteiger partial charge in [-0.05, 0) is 44.1 Å². The van der Waals surface area contributed by atoms with E-state index >= 15 is 0 Å². The summed E-state index contributed by atoms with van der Waals surface area (Å²) in [5.74, 6) is -1.15. The first kappa shape index (κ1) is 20.0. The molecule has 5 N–H and O–H groups in total. The summed E-state index contributed by atoms with van der Waals surface area (Å²) in [6.45, 7) is 8.86. The van der Waals surface area contributed by atoms with Crippen molar-refractivity contribution < 1.29 is 30.3 Å². The standard InChI is InChI=1S/C20H32O6/c1-10-11-5-6-12-16(24)20(11,9-19(12,4)26)8-14(22)17(25)18(2,3)15(23)7-13(10)21/h11-16,21-24,26H,1,5-9H2,2-4H3/t11-,12+,13-,14-,15-,16+,19+,20-/m0/s1. The number of Topliss-reactive ketones (excluding diaryl/α,β-unsaturated/α-hetero) is 1. The highest BCUT2D eigenvalue weighted by molar-refractivity contribution is 5.88. The first-order valence-electron chi connectivity index (χ1n) is 9.52. The quantitative estimate of drug-likeness (QED) is 0.398. The second-order valence-corrected chi connectivity index (χ2v) is 9.60. The van der Waals surface area contributed by atoms with E-state index in [1.54, 1.807) is 20.8 Å². The number of aliphatic hydroxyl groups excluding tert-OH is 4. The number of hydrogen-bond donors (Lipinski definition) is 5. The predicted molar refractivity (Wildman–Crippen MR) is 95.1 cm³/mol. The SMILES string of the molecule is C=C1[C@@H](O)C[C@H](O)C(C)(C)C(=O)[C@@H](O)C[C@]23C[C@@](C)(O)[C@H](CC[C@@H]12)[C@H]3O. The van der Waals surface area contributed by atoms with Crippen LogP contribution in [0.4, 0.5) is 0 Å². The maximum absolute atomic E-state index is 12.8. The summed E-state index contributed by atoms with van der Waals surface area (Å²) < 4.78 is 0. The van der Waals surface area contributed by atoms with Crippen LogP contribution in [-0.4, -0.2) is 61.3 Å². The number of aliphatic hydroxyl groups is 5. The predicted octanol–water partition coefficient (Wildman–Crippen LogP) is 0.543. The Kier molecular flexibility index (Phi) is 4.69. The number of rotatable bonds is 0. The van der Waals surface area contributed by atoms with E-state index < -0.39 is 46.6 Å². The Hall–Kier alpha value is -0.790. The van der Waals surface area contributed by atoms with Gasteiger partial charge in [-0.15, -0.1) is 0 Å². The van der Waals surface area contributed by atoms with Crippen LogP contribution in [0.1, 0.15) is 52.9 Å². The second-order valence-electron chi connectivity index (χ2n) is 9.60. The zero-order chi connectivity index (χ0) is 19.7. The minimum absolute atomic E-state index is 0.00773. The molecule has 148 valence electrons. The molecule has 0 unspecified atom stereocenters. The van der Waals surface area contributed by atoms with E-state index in [9.17, 15) is 30.3 Å². The number of hydrogen-bond acceptors (Lipinski definition) is 6. The molecule has 2 bridgehead atoms. The van der Waals surface area contributed by atoms with Crippen molar-refractivity contribution in [1.29, 1.82) is 0 Å². The molecule has 3 fully saturated rings. The summed E-state index contributed by atoms with van der Waals surface area (Å²) in [5.41, 5.74) is -2.72. The maximum atomic E-state index is 12.8. The normalized spacial score (nSPS) is 51.8. The van der Waals surface area contributed by atoms with Crippen LogP contribution in [0.5, 0.6) is 0 Å². The van der Waals surface area contributed by atoms with Crippen molar-refractivity contribution in [3.05, 3.63) is 12.2 Å². The van der Waals surface area contributed by atoms with Crippen molar-refractivity contribution in [2.75, 3.05) is 0 Å². The van der Waals surface area contributed by atoms with Crippen LogP contribution in [0.2, 0.25) is 0 Å². The lowest BCUT2D eigenvalue weighted by molar-refractivity contribution is -0.149. The van der Waals surface area contributed by atoms with Crippen molar-refractivity contribution in [2.24, 2.45) is 22.7 Å². The smallest absolute Gasteiger partial charge is 0.169 e. The summed E-state index contributed by atoms with van der Waals surface area (Å²) in [5, 5.41) is 53.7. The Labute approximate surface area is 154 Å². The van der Waals surface area contributed by atoms with Gasteiger partial charge in [-0.25, -0.2) is 0 Å². The monoisotopic (exact) mass is 368 g/mol. The number of fused-ring (bicyclic) bond motifs is 1. The number of ketones is 1. The largest absolute Gasteiger partial charge is 0.392 e. The first-order chi connectivity index (χ1) is 11.8. The third-order valence-corrected chi connectivity index (χ3v) is 7.58. The van der Waals surface area contributed by atoms with Crippen LogP contribution in [0.15, 0.2) is 12.2 Å². The van der Waals surface area contributed by atoms with E-state index in [1.165, 1.54) is 0 Å². The third kappa shape index (κ3) is 2.69. The van der Waals surface area contributed by atoms with Crippen molar-refractivity contribution >= 4 is 5.78 Å². The van der Waals surface area contributed by atoms with Gasteiger partial charge in [0.15, 0.2) is 5.78 Å². The van der Waals surface area contributed by atoms with E-state index in [0.29, 0.717) is 18.4 Å². The number of carbonyl (C=O) groups excluding carboxylic acids is 1. The van der Waals surface area contributed by atoms with Crippen LogP contribution >= 0.6 is 0 Å². The minimum atomic E-state index is -1.35. The molecule has 26 heavy (non-hydrogen) atoms. The molecule has 0 aliphatic heterocycles. The van der Waals surface area contributed by atoms with E-state index in [1.807, 2.05) is 0 Å². The number of carbonyl (C=O) groups is 1. The fraction of sp³-hybridized carbons (Fsp3) is 0.850. The molecule has 0 saturated heterocycles. The van der Waals surface area contributed by atoms with E-state index in [-0.39, 0.29) is 31.1 Å². The van der Waals surface area contributed by atoms with Crippen LogP contribution in [0.3, 0.4) is 0 Å². The third-order valence-electron chi connectivity index (χ3n) is 7.58. The van der Waals surface area contributed by atoms with Gasteiger partial charge in [0.2, 0.25) is 0 Å². The lowest BCUT2D eigenvalue weighted by Gasteiger charge is -2.48. The lowest BCUT2D eigenvalue weighted by atomic mass is 9.58. The molecule has 6 nitrogen and oxygen atoms in total. The van der Waals surface area contributed by atoms with Gasteiger partial charge in [-0.2, -0.15) is 0 Å². The molecule has 0 radical (unpaired) electrons. The zero-order valence-electron chi connectivity index (χ0n) is 15.9. The Balaban J connectivity index is 2.09. The van der Waals surface area contributed by atoms with Gasteiger partial charge in [0.25, 0.3) is 0 Å². The zero-order valence-corrected chi connectivity index (χ0v) is 15.9. The maximum Gasteiger partial charge on any atom is 0.169 e. The second kappa shape index (κ2) is 6.11. The van der Waals surface area contributed by atoms with Crippen molar-refractivity contribution in [1.82, 2.24) is 0 Å². The molecule has 0 amide bonds. The van der Waals surface area contributed by atoms with Crippen LogP contribution in [0, 0.1) is 22.7 Å². The molecule has 8 atom stereocenters. The Morgan fingerprint density at radius 3 is 2.27 bits per heavy atom. The molecule has 6 heteroatoms. The summed E-state index contributed by atoms with van der Waals surface area (Å²) >= 11 is 0. The van der Waals surface area contributed by atoms with Gasteiger partial charge >= 0.3 is 0 Å². The van der Waals surface area contributed by atoms with Gasteiger partial charge in [0, 0.05) is 17.8 Å². The van der Waals surface area contributed by atoms with Gasteiger partial charge in [0.1, 0.15) is 6.10 Å². The van der Waals surface area contributed by atoms with Crippen LogP contribution in [-0.2, 0) is 4.79 Å². The summed E-state index contributed by atoms with van der Waals surface area (Å²) in [7, 11) is 0. The molecular weight excluding hydrogens is 336 g/mol. The minimum Gasteiger partial charge on any atom is -0.392 e. The highest BCUT2D eigenvalue weighted by Gasteiger charge is 2.65. The average molecular weight is 368 g/mol. The summed E-state index contributed by atoms with van der Waals surface area (Å²) in [6, 6.07) is 0. The van der Waals surface area contributed by atoms with Crippen molar-refractivity contribution in [2.45, 2.75) is 82.9 Å². The average Bonchev–Trinajstić information content (AvgIpc) is 2.65. The molecule has 3 rings (SSSR count). The van der Waals surface area contributed by atoms with E-state index in [0.717, 1.165) is 0 Å². The molecular formula is C20H32O6. The van der Waals surface area contributed by atoms with Crippen molar-refractivity contribution in [3.63, 3.8) is 0 Å². The molecule has 3 aliphatic carbocycles. The van der Waals surface area contributed by atoms with Gasteiger partial charge in [-0.1, -0.05) is 20.4 Å². The topological polar surface area (TPSA) is 118 Å². The van der Waals surface area contributed by atoms with E-state index in [4.69, 9.17) is 0 Å². The Bertz CT molecular complexity index is 611. The van der Waals surface area contributed by atoms with Crippen LogP contribution < -0.4 is 0 Å². The highest BCUT2D eigenvalue weighted by Crippen LogP contribution is 2.63. The Morgan fingerprint density at radius 1 is 1.04 bits per heavy atom. The van der Waals surface area contributed by atoms with Gasteiger partial charge in [-0.3, -0.25) is 4.79 Å². The summed E-state index contributed by atoms with van der Waals surface area (Å²) in [4.78, 5) is 12.8. The molecule has 0 aromatic carbocycles. The van der Waals surface area contributed by atoms with Crippen molar-refractivity contribution in [3.8, 4) is 0 Å². The molecule has 1 spiro atoms. The van der Waals surface area contributed by atoms with E-state index in [2.05, 4.69) is 6.58 Å². The molecule has 0 heterocycles. The fourth-order valence-corrected chi connectivity index (χ4v) is 5.90. The Morgan fingerprint density at radius 2 is 1.65 bits per heavy atom. The fourth-order valence-electron chi connectivity index (χ4n) is 5.90. The van der Waals surface area contributed by atoms with Gasteiger partial charge in [0.05, 0.1) is 29.3 Å². The highest BCUT2D eigenvalue weighted by atomic mass is 16.3.